The lowest BCUT2D eigenvalue weighted by Crippen LogP contribution is -2.45. The maximum atomic E-state index is 9.93. The lowest BCUT2D eigenvalue weighted by molar-refractivity contribution is 0.120. The number of hydrogen-bond donors (Lipinski definition) is 4. The Hall–Kier alpha value is -1.95. The predicted octanol–water partition coefficient (Wildman–Crippen LogP) is 1.76. The van der Waals surface area contributed by atoms with Crippen molar-refractivity contribution in [3.05, 3.63) is 23.8 Å². The zero-order valence-corrected chi connectivity index (χ0v) is 13.9. The van der Waals surface area contributed by atoms with E-state index in [1.54, 1.807) is 25.3 Å². The molecule has 0 atom stereocenters. The van der Waals surface area contributed by atoms with E-state index in [0.29, 0.717) is 18.3 Å². The Morgan fingerprint density at radius 3 is 2.70 bits per heavy atom. The molecule has 0 aliphatic heterocycles. The molecular formula is C17H27N3O3. The van der Waals surface area contributed by atoms with E-state index in [-0.39, 0.29) is 11.9 Å². The van der Waals surface area contributed by atoms with Crippen LogP contribution in [0.5, 0.6) is 11.5 Å². The molecule has 1 aliphatic carbocycles. The van der Waals surface area contributed by atoms with Crippen LogP contribution in [-0.4, -0.2) is 42.0 Å². The molecule has 128 valence electrons. The van der Waals surface area contributed by atoms with Crippen molar-refractivity contribution in [3.8, 4) is 11.5 Å². The molecule has 0 radical (unpaired) electrons. The number of methoxy groups -OCH3 is 1. The summed E-state index contributed by atoms with van der Waals surface area (Å²) >= 11 is 0. The van der Waals surface area contributed by atoms with Crippen molar-refractivity contribution < 1.29 is 14.9 Å². The summed E-state index contributed by atoms with van der Waals surface area (Å²) < 4.78 is 5.18. The van der Waals surface area contributed by atoms with Gasteiger partial charge < -0.3 is 25.6 Å². The number of nitrogens with one attached hydrogen (secondary N) is 2. The van der Waals surface area contributed by atoms with Gasteiger partial charge in [-0.3, -0.25) is 0 Å². The Bertz CT molecular complexity index is 526. The minimum atomic E-state index is -0.165. The number of hydrogen-bond acceptors (Lipinski definition) is 4. The Kier molecular flexibility index (Phi) is 6.52. The first kappa shape index (κ1) is 17.4. The highest BCUT2D eigenvalue weighted by molar-refractivity contribution is 5.80. The van der Waals surface area contributed by atoms with Gasteiger partial charge >= 0.3 is 0 Å². The second kappa shape index (κ2) is 8.62. The molecule has 1 aliphatic rings. The van der Waals surface area contributed by atoms with Crippen LogP contribution < -0.4 is 15.4 Å². The summed E-state index contributed by atoms with van der Waals surface area (Å²) in [5.41, 5.74) is 0.723. The van der Waals surface area contributed by atoms with E-state index in [9.17, 15) is 10.2 Å². The second-order valence-corrected chi connectivity index (χ2v) is 5.84. The first-order valence-corrected chi connectivity index (χ1v) is 8.21. The first-order valence-electron chi connectivity index (χ1n) is 8.21. The molecule has 4 N–H and O–H groups in total. The molecule has 6 nitrogen and oxygen atoms in total. The summed E-state index contributed by atoms with van der Waals surface area (Å²) in [6.07, 6.45) is 3.37. The molecule has 2 rings (SSSR count). The molecule has 1 aromatic carbocycles. The van der Waals surface area contributed by atoms with E-state index in [1.807, 2.05) is 6.92 Å². The van der Waals surface area contributed by atoms with Crippen LogP contribution in [0, 0.1) is 0 Å². The molecule has 6 heteroatoms. The van der Waals surface area contributed by atoms with E-state index < -0.39 is 0 Å². The number of guanidine groups is 1. The molecular weight excluding hydrogens is 294 g/mol. The summed E-state index contributed by atoms with van der Waals surface area (Å²) in [4.78, 5) is 4.55. The van der Waals surface area contributed by atoms with Gasteiger partial charge in [0.05, 0.1) is 19.8 Å². The van der Waals surface area contributed by atoms with Crippen LogP contribution >= 0.6 is 0 Å². The van der Waals surface area contributed by atoms with Gasteiger partial charge in [-0.1, -0.05) is 0 Å². The number of rotatable bonds is 5. The summed E-state index contributed by atoms with van der Waals surface area (Å²) in [7, 11) is 1.60. The molecule has 0 spiro atoms. The van der Waals surface area contributed by atoms with E-state index >= 15 is 0 Å². The van der Waals surface area contributed by atoms with Crippen LogP contribution in [0.25, 0.3) is 0 Å². The molecule has 23 heavy (non-hydrogen) atoms. The predicted molar refractivity (Wildman–Crippen MR) is 90.9 cm³/mol. The lowest BCUT2D eigenvalue weighted by Gasteiger charge is -2.27. The monoisotopic (exact) mass is 321 g/mol. The Morgan fingerprint density at radius 1 is 1.30 bits per heavy atom. The number of aliphatic imine (C=N–C) groups is 1. The number of phenols is 1. The zero-order chi connectivity index (χ0) is 16.7. The number of nitrogens with zero attached hydrogens (tertiary/aromatic N) is 1. The van der Waals surface area contributed by atoms with Crippen LogP contribution in [0.2, 0.25) is 0 Å². The number of aliphatic hydroxyl groups is 1. The number of ether oxygens (including phenoxy) is 1. The molecule has 1 fully saturated rings. The van der Waals surface area contributed by atoms with Crippen molar-refractivity contribution in [1.29, 1.82) is 0 Å². The fourth-order valence-electron chi connectivity index (χ4n) is 2.71. The minimum absolute atomic E-state index is 0.165. The van der Waals surface area contributed by atoms with Crippen molar-refractivity contribution in [2.24, 2.45) is 4.99 Å². The van der Waals surface area contributed by atoms with Crippen molar-refractivity contribution in [1.82, 2.24) is 10.6 Å². The average Bonchev–Trinajstić information content (AvgIpc) is 2.56. The SMILES string of the molecule is CCNC(=NCc1cc(OC)ccc1O)NC1CCC(O)CC1. The summed E-state index contributed by atoms with van der Waals surface area (Å²) in [5, 5.41) is 26.1. The molecule has 0 unspecified atom stereocenters. The standard InChI is InChI=1S/C17H27N3O3/c1-3-18-17(20-13-4-6-14(21)7-5-13)19-11-12-10-15(23-2)8-9-16(12)22/h8-10,13-14,21-22H,3-7,11H2,1-2H3,(H2,18,19,20). The topological polar surface area (TPSA) is 86.1 Å². The Balaban J connectivity index is 2.00. The van der Waals surface area contributed by atoms with Crippen LogP contribution in [0.1, 0.15) is 38.2 Å². The fraction of sp³-hybridized carbons (Fsp3) is 0.588. The largest absolute Gasteiger partial charge is 0.508 e. The van der Waals surface area contributed by atoms with E-state index in [4.69, 9.17) is 4.74 Å². The molecule has 1 saturated carbocycles. The summed E-state index contributed by atoms with van der Waals surface area (Å²) in [6, 6.07) is 5.46. The third-order valence-electron chi connectivity index (χ3n) is 4.08. The summed E-state index contributed by atoms with van der Waals surface area (Å²) in [6.45, 7) is 3.16. The van der Waals surface area contributed by atoms with Crippen molar-refractivity contribution >= 4 is 5.96 Å². The maximum Gasteiger partial charge on any atom is 0.191 e. The van der Waals surface area contributed by atoms with Gasteiger partial charge in [-0.2, -0.15) is 0 Å². The molecule has 0 amide bonds. The third kappa shape index (κ3) is 5.32. The van der Waals surface area contributed by atoms with Crippen LogP contribution in [-0.2, 0) is 6.54 Å². The average molecular weight is 321 g/mol. The zero-order valence-electron chi connectivity index (χ0n) is 13.9. The normalized spacial score (nSPS) is 21.8. The number of aliphatic hydroxyl groups excluding tert-OH is 1. The maximum absolute atomic E-state index is 9.93. The number of benzene rings is 1. The quantitative estimate of drug-likeness (QED) is 0.490. The van der Waals surface area contributed by atoms with Crippen molar-refractivity contribution in [2.75, 3.05) is 13.7 Å². The Labute approximate surface area is 137 Å². The van der Waals surface area contributed by atoms with Gasteiger partial charge in [0.2, 0.25) is 0 Å². The highest BCUT2D eigenvalue weighted by Gasteiger charge is 2.20. The number of phenolic OH excluding ortho intramolecular Hbond substituents is 1. The van der Waals surface area contributed by atoms with E-state index in [2.05, 4.69) is 15.6 Å². The first-order chi connectivity index (χ1) is 11.1. The van der Waals surface area contributed by atoms with Crippen molar-refractivity contribution in [2.45, 2.75) is 51.3 Å². The van der Waals surface area contributed by atoms with Crippen LogP contribution in [0.3, 0.4) is 0 Å². The van der Waals surface area contributed by atoms with Gasteiger partial charge in [0.25, 0.3) is 0 Å². The van der Waals surface area contributed by atoms with Gasteiger partial charge in [-0.05, 0) is 50.8 Å². The molecule has 0 heterocycles. The highest BCUT2D eigenvalue weighted by atomic mass is 16.5. The smallest absolute Gasteiger partial charge is 0.191 e. The van der Waals surface area contributed by atoms with Gasteiger partial charge in [-0.15, -0.1) is 0 Å². The van der Waals surface area contributed by atoms with E-state index in [1.165, 1.54) is 0 Å². The molecule has 0 aromatic heterocycles. The van der Waals surface area contributed by atoms with Gasteiger partial charge in [0.1, 0.15) is 11.5 Å². The second-order valence-electron chi connectivity index (χ2n) is 5.84. The van der Waals surface area contributed by atoms with Gasteiger partial charge in [-0.25, -0.2) is 4.99 Å². The van der Waals surface area contributed by atoms with Crippen LogP contribution in [0.4, 0.5) is 0 Å². The van der Waals surface area contributed by atoms with Gasteiger partial charge in [0.15, 0.2) is 5.96 Å². The third-order valence-corrected chi connectivity index (χ3v) is 4.08. The highest BCUT2D eigenvalue weighted by Crippen LogP contribution is 2.23. The summed E-state index contributed by atoms with van der Waals surface area (Å²) in [5.74, 6) is 1.65. The Morgan fingerprint density at radius 2 is 2.04 bits per heavy atom. The fourth-order valence-corrected chi connectivity index (χ4v) is 2.71. The van der Waals surface area contributed by atoms with Crippen LogP contribution in [0.15, 0.2) is 23.2 Å². The number of aromatic hydroxyl groups is 1. The van der Waals surface area contributed by atoms with Crippen molar-refractivity contribution in [3.63, 3.8) is 0 Å². The molecule has 0 saturated heterocycles. The molecule has 1 aromatic rings. The lowest BCUT2D eigenvalue weighted by atomic mass is 9.93. The van der Waals surface area contributed by atoms with Gasteiger partial charge in [0, 0.05) is 18.2 Å². The molecule has 0 bridgehead atoms. The van der Waals surface area contributed by atoms with E-state index in [0.717, 1.165) is 43.8 Å². The minimum Gasteiger partial charge on any atom is -0.508 e.